The van der Waals surface area contributed by atoms with Crippen LogP contribution in [0.1, 0.15) is 42.5 Å². The van der Waals surface area contributed by atoms with Gasteiger partial charge in [-0.05, 0) is 31.4 Å². The minimum Gasteiger partial charge on any atom is -0.293 e. The second-order valence-corrected chi connectivity index (χ2v) is 4.64. The van der Waals surface area contributed by atoms with E-state index >= 15 is 0 Å². The monoisotopic (exact) mass is 213 g/mol. The van der Waals surface area contributed by atoms with E-state index in [2.05, 4.69) is 4.99 Å². The fourth-order valence-corrected chi connectivity index (χ4v) is 2.71. The number of carbonyl (C=O) groups is 1. The number of hydrogen-bond acceptors (Lipinski definition) is 2. The number of hydrogen-bond donors (Lipinski definition) is 0. The van der Waals surface area contributed by atoms with Crippen LogP contribution >= 0.6 is 0 Å². The summed E-state index contributed by atoms with van der Waals surface area (Å²) >= 11 is 0. The molecule has 1 saturated carbocycles. The summed E-state index contributed by atoms with van der Waals surface area (Å²) in [4.78, 5) is 17.0. The van der Waals surface area contributed by atoms with E-state index in [9.17, 15) is 4.79 Å². The Bertz CT molecular complexity index is 462. The Hall–Kier alpha value is -1.44. The first kappa shape index (κ1) is 9.76. The number of Topliss-reactive ketones (excluding diaryl/α,β-unsaturated/α-hetero) is 1. The summed E-state index contributed by atoms with van der Waals surface area (Å²) in [5.74, 6) is 0.375. The van der Waals surface area contributed by atoms with Gasteiger partial charge < -0.3 is 0 Å². The quantitative estimate of drug-likeness (QED) is 0.648. The summed E-state index contributed by atoms with van der Waals surface area (Å²) in [5, 5.41) is 0. The third-order valence-corrected chi connectivity index (χ3v) is 3.58. The summed E-state index contributed by atoms with van der Waals surface area (Å²) in [7, 11) is 0. The van der Waals surface area contributed by atoms with E-state index in [0.717, 1.165) is 36.2 Å². The molecule has 2 nitrogen and oxygen atoms in total. The lowest BCUT2D eigenvalue weighted by molar-refractivity contribution is 0.0948. The molecule has 2 heteroatoms. The molecular formula is C14H15NO. The first-order chi connectivity index (χ1) is 7.86. The van der Waals surface area contributed by atoms with Gasteiger partial charge in [0.15, 0.2) is 5.78 Å². The molecule has 0 aromatic heterocycles. The molecule has 0 saturated heterocycles. The third kappa shape index (κ3) is 1.49. The van der Waals surface area contributed by atoms with Crippen LogP contribution in [0.3, 0.4) is 0 Å². The zero-order valence-corrected chi connectivity index (χ0v) is 9.28. The number of rotatable bonds is 0. The van der Waals surface area contributed by atoms with Crippen LogP contribution in [0.2, 0.25) is 0 Å². The van der Waals surface area contributed by atoms with Gasteiger partial charge in [0.05, 0.1) is 11.6 Å². The minimum atomic E-state index is 0.0809. The van der Waals surface area contributed by atoms with Gasteiger partial charge in [-0.15, -0.1) is 0 Å². The lowest BCUT2D eigenvalue weighted by Crippen LogP contribution is -2.26. The number of fused-ring (bicyclic) bond motifs is 2. The molecule has 1 atom stereocenters. The zero-order chi connectivity index (χ0) is 11.0. The van der Waals surface area contributed by atoms with E-state index in [-0.39, 0.29) is 5.92 Å². The van der Waals surface area contributed by atoms with Crippen molar-refractivity contribution in [3.05, 3.63) is 29.8 Å². The van der Waals surface area contributed by atoms with Crippen molar-refractivity contribution in [3.63, 3.8) is 0 Å². The molecule has 0 bridgehead atoms. The van der Waals surface area contributed by atoms with Crippen molar-refractivity contribution in [1.82, 2.24) is 0 Å². The van der Waals surface area contributed by atoms with Crippen LogP contribution in [0.4, 0.5) is 5.69 Å². The second kappa shape index (κ2) is 3.85. The van der Waals surface area contributed by atoms with Gasteiger partial charge in [-0.25, -0.2) is 0 Å². The Morgan fingerprint density at radius 2 is 2.00 bits per heavy atom. The molecule has 16 heavy (non-hydrogen) atoms. The third-order valence-electron chi connectivity index (χ3n) is 3.58. The lowest BCUT2D eigenvalue weighted by Gasteiger charge is -2.21. The van der Waals surface area contributed by atoms with Crippen LogP contribution in [-0.4, -0.2) is 11.5 Å². The number of para-hydroxylation sites is 1. The highest BCUT2D eigenvalue weighted by atomic mass is 16.1. The summed E-state index contributed by atoms with van der Waals surface area (Å²) in [6.45, 7) is 0. The Morgan fingerprint density at radius 1 is 1.12 bits per heavy atom. The molecule has 82 valence electrons. The summed E-state index contributed by atoms with van der Waals surface area (Å²) in [5.41, 5.74) is 2.82. The molecule has 2 aliphatic rings. The van der Waals surface area contributed by atoms with Gasteiger partial charge >= 0.3 is 0 Å². The average molecular weight is 213 g/mol. The van der Waals surface area contributed by atoms with E-state index in [1.807, 2.05) is 24.3 Å². The zero-order valence-electron chi connectivity index (χ0n) is 9.28. The molecular weight excluding hydrogens is 198 g/mol. The van der Waals surface area contributed by atoms with Crippen molar-refractivity contribution in [3.8, 4) is 0 Å². The van der Waals surface area contributed by atoms with Crippen LogP contribution in [0.5, 0.6) is 0 Å². The molecule has 0 radical (unpaired) electrons. The number of ketones is 1. The Labute approximate surface area is 95.4 Å². The van der Waals surface area contributed by atoms with Gasteiger partial charge in [0.2, 0.25) is 0 Å². The molecule has 1 unspecified atom stereocenters. The maximum absolute atomic E-state index is 12.3. The fourth-order valence-electron chi connectivity index (χ4n) is 2.71. The van der Waals surface area contributed by atoms with Gasteiger partial charge in [-0.2, -0.15) is 0 Å². The van der Waals surface area contributed by atoms with Crippen molar-refractivity contribution in [2.45, 2.75) is 32.1 Å². The smallest absolute Gasteiger partial charge is 0.173 e. The molecule has 0 spiro atoms. The van der Waals surface area contributed by atoms with Gasteiger partial charge in [0.1, 0.15) is 0 Å². The Morgan fingerprint density at radius 3 is 2.94 bits per heavy atom. The van der Waals surface area contributed by atoms with E-state index < -0.39 is 0 Å². The predicted octanol–water partition coefficient (Wildman–Crippen LogP) is 3.54. The number of nitrogens with zero attached hydrogens (tertiary/aromatic N) is 1. The molecule has 3 rings (SSSR count). The highest BCUT2D eigenvalue weighted by Crippen LogP contribution is 2.34. The van der Waals surface area contributed by atoms with Crippen molar-refractivity contribution < 1.29 is 4.79 Å². The van der Waals surface area contributed by atoms with Gasteiger partial charge in [-0.1, -0.05) is 25.0 Å². The van der Waals surface area contributed by atoms with Crippen molar-refractivity contribution in [2.24, 2.45) is 10.9 Å². The van der Waals surface area contributed by atoms with Gasteiger partial charge in [-0.3, -0.25) is 9.79 Å². The van der Waals surface area contributed by atoms with Crippen molar-refractivity contribution in [1.29, 1.82) is 0 Å². The molecule has 1 heterocycles. The molecule has 0 N–H and O–H groups in total. The van der Waals surface area contributed by atoms with Crippen LogP contribution in [0.15, 0.2) is 29.3 Å². The van der Waals surface area contributed by atoms with Gasteiger partial charge in [0, 0.05) is 11.3 Å². The lowest BCUT2D eigenvalue weighted by atomic mass is 9.86. The molecule has 1 aliphatic heterocycles. The fraction of sp³-hybridized carbons (Fsp3) is 0.429. The second-order valence-electron chi connectivity index (χ2n) is 4.64. The van der Waals surface area contributed by atoms with Crippen LogP contribution in [0.25, 0.3) is 0 Å². The minimum absolute atomic E-state index is 0.0809. The summed E-state index contributed by atoms with van der Waals surface area (Å²) < 4.78 is 0. The maximum Gasteiger partial charge on any atom is 0.173 e. The van der Waals surface area contributed by atoms with E-state index in [0.29, 0.717) is 5.78 Å². The molecule has 1 aromatic carbocycles. The van der Waals surface area contributed by atoms with Crippen molar-refractivity contribution in [2.75, 3.05) is 0 Å². The highest BCUT2D eigenvalue weighted by Gasteiger charge is 2.31. The first-order valence-electron chi connectivity index (χ1n) is 6.07. The molecule has 1 fully saturated rings. The largest absolute Gasteiger partial charge is 0.293 e. The average Bonchev–Trinajstić information content (AvgIpc) is 2.55. The Balaban J connectivity index is 2.09. The topological polar surface area (TPSA) is 29.4 Å². The molecule has 1 aromatic rings. The Kier molecular flexibility index (Phi) is 2.35. The molecule has 0 amide bonds. The van der Waals surface area contributed by atoms with E-state index in [1.165, 1.54) is 12.8 Å². The van der Waals surface area contributed by atoms with E-state index in [4.69, 9.17) is 0 Å². The standard InChI is InChI=1S/C14H15NO/c16-14-10-6-2-1-3-8-12(10)15-13-9-5-4-7-11(13)14/h4-5,7,9-10H,1-3,6,8H2. The SMILES string of the molecule is O=C1c2ccccc2N=C2CCCCCC12. The normalized spacial score (nSPS) is 24.1. The maximum atomic E-state index is 12.3. The predicted molar refractivity (Wildman–Crippen MR) is 64.4 cm³/mol. The first-order valence-corrected chi connectivity index (χ1v) is 6.07. The number of carbonyl (C=O) groups excluding carboxylic acids is 1. The van der Waals surface area contributed by atoms with Crippen molar-refractivity contribution >= 4 is 17.2 Å². The van der Waals surface area contributed by atoms with E-state index in [1.54, 1.807) is 0 Å². The summed E-state index contributed by atoms with van der Waals surface area (Å²) in [6.07, 6.45) is 5.58. The van der Waals surface area contributed by atoms with Crippen LogP contribution < -0.4 is 0 Å². The highest BCUT2D eigenvalue weighted by molar-refractivity contribution is 6.18. The molecule has 1 aliphatic carbocycles. The van der Waals surface area contributed by atoms with Gasteiger partial charge in [0.25, 0.3) is 0 Å². The van der Waals surface area contributed by atoms with Crippen LogP contribution in [0, 0.1) is 5.92 Å². The number of benzene rings is 1. The number of aliphatic imine (C=N–C) groups is 1. The van der Waals surface area contributed by atoms with Crippen LogP contribution in [-0.2, 0) is 0 Å². The summed E-state index contributed by atoms with van der Waals surface area (Å²) in [6, 6.07) is 7.73.